The molecule has 58 valence electrons. The van der Waals surface area contributed by atoms with Crippen LogP contribution in [0.25, 0.3) is 0 Å². The van der Waals surface area contributed by atoms with Crippen LogP contribution in [-0.4, -0.2) is 0 Å². The van der Waals surface area contributed by atoms with Gasteiger partial charge in [0, 0.05) is 0 Å². The Labute approximate surface area is 71.1 Å². The van der Waals surface area contributed by atoms with Crippen molar-refractivity contribution in [1.82, 2.24) is 0 Å². The summed E-state index contributed by atoms with van der Waals surface area (Å²) in [4.78, 5) is 0. The molecule has 0 aromatic rings. The minimum absolute atomic E-state index is 5.05. The van der Waals surface area contributed by atoms with E-state index in [1.54, 1.807) is 0 Å². The van der Waals surface area contributed by atoms with Crippen molar-refractivity contribution in [3.05, 3.63) is 0 Å². The van der Waals surface area contributed by atoms with E-state index < -0.39 is 4.31 Å². The van der Waals surface area contributed by atoms with Crippen molar-refractivity contribution in [3.63, 3.8) is 0 Å². The molecule has 0 amide bonds. The Kier molecular flexibility index (Phi) is 1.72. The first-order chi connectivity index (χ1) is 2.65. The van der Waals surface area contributed by atoms with Crippen molar-refractivity contribution in [1.29, 1.82) is 0 Å². The maximum atomic E-state index is 5.05. The fourth-order valence-corrected chi connectivity index (χ4v) is 0. The molecule has 8 heteroatoms. The van der Waals surface area contributed by atoms with Crippen molar-refractivity contribution < 1.29 is 4.31 Å². The van der Waals surface area contributed by atoms with Crippen LogP contribution in [0.2, 0.25) is 0 Å². The van der Waals surface area contributed by atoms with Gasteiger partial charge in [0.15, 0.2) is 0 Å². The van der Waals surface area contributed by atoms with Crippen molar-refractivity contribution in [2.45, 2.75) is 0 Å². The number of rotatable bonds is 0. The third-order valence-corrected chi connectivity index (χ3v) is 0. The maximum absolute atomic E-state index is 6.24. The fourth-order valence-electron chi connectivity index (χ4n) is 0. The van der Waals surface area contributed by atoms with Gasteiger partial charge in [-0.1, -0.05) is 0 Å². The second kappa shape index (κ2) is 1.29. The van der Waals surface area contributed by atoms with Crippen LogP contribution in [-0.2, 0) is 4.31 Å². The summed E-state index contributed by atoms with van der Waals surface area (Å²) in [7, 11) is 35.4. The van der Waals surface area contributed by atoms with E-state index in [2.05, 4.69) is 0 Å². The predicted octanol–water partition coefficient (Wildman–Crippen LogP) is 4.82. The first kappa shape index (κ1) is 10.7. The van der Waals surface area contributed by atoms with Crippen LogP contribution in [0.5, 0.6) is 0 Å². The monoisotopic (exact) mass is 348 g/mol. The average Bonchev–Trinajstić information content (AvgIpc) is 0.544. The van der Waals surface area contributed by atoms with E-state index in [1.807, 2.05) is 0 Å². The molecule has 0 spiro atoms. The molecule has 8 heavy (non-hydrogen) atoms. The SMILES string of the molecule is [Cl][Rh]([Cl])([Cl])([Cl])([Cl])([Cl])[Cl]. The van der Waals surface area contributed by atoms with E-state index in [0.717, 1.165) is 0 Å². The molecule has 0 aliphatic rings. The molecule has 0 fully saturated rings. The van der Waals surface area contributed by atoms with Crippen LogP contribution in [0.15, 0.2) is 0 Å². The van der Waals surface area contributed by atoms with Crippen molar-refractivity contribution in [3.8, 4) is 0 Å². The molecular weight excluding hydrogens is 351 g/mol. The molecule has 0 aromatic carbocycles. The van der Waals surface area contributed by atoms with Crippen LogP contribution in [0.1, 0.15) is 0 Å². The van der Waals surface area contributed by atoms with Gasteiger partial charge in [0.2, 0.25) is 0 Å². The van der Waals surface area contributed by atoms with Gasteiger partial charge in [-0.2, -0.15) is 0 Å². The number of halogens is 7. The van der Waals surface area contributed by atoms with Crippen LogP contribution in [0.3, 0.4) is 0 Å². The molecule has 0 aromatic heterocycles. The molecule has 0 unspecified atom stereocenters. The molecule has 0 saturated carbocycles. The van der Waals surface area contributed by atoms with Gasteiger partial charge in [-0.05, 0) is 0 Å². The van der Waals surface area contributed by atoms with E-state index in [1.165, 1.54) is 0 Å². The summed E-state index contributed by atoms with van der Waals surface area (Å²) >= 11 is 0. The normalized spacial score (nSPS) is 27.1. The van der Waals surface area contributed by atoms with E-state index in [9.17, 15) is 0 Å². The molecule has 0 saturated heterocycles. The molecule has 0 rings (SSSR count). The molecule has 0 radical (unpaired) electrons. The third kappa shape index (κ3) is 72.0. The average molecular weight is 351 g/mol. The zero-order valence-electron chi connectivity index (χ0n) is 2.98. The second-order valence-corrected chi connectivity index (χ2v) is 53.2. The molecule has 0 bridgehead atoms. The van der Waals surface area contributed by atoms with Crippen LogP contribution in [0.4, 0.5) is 0 Å². The standard InChI is InChI=1S/7ClH.Rh/h7*1H;/q;;;;;;;+7/p-7. The number of hydrogen-bond acceptors (Lipinski definition) is 0. The zero-order chi connectivity index (χ0) is 7.38. The first-order valence-electron chi connectivity index (χ1n) is 0.882. The summed E-state index contributed by atoms with van der Waals surface area (Å²) in [6.45, 7) is 0. The second-order valence-electron chi connectivity index (χ2n) is 1.000. The van der Waals surface area contributed by atoms with Crippen molar-refractivity contribution in [2.24, 2.45) is 0 Å². The van der Waals surface area contributed by atoms with E-state index in [-0.39, 0.29) is 0 Å². The van der Waals surface area contributed by atoms with Gasteiger partial charge in [-0.3, -0.25) is 0 Å². The summed E-state index contributed by atoms with van der Waals surface area (Å²) in [6, 6.07) is 0. The van der Waals surface area contributed by atoms with E-state index in [4.69, 9.17) is 67.8 Å². The molecule has 0 N–H and O–H groups in total. The van der Waals surface area contributed by atoms with Gasteiger partial charge in [0.1, 0.15) is 0 Å². The van der Waals surface area contributed by atoms with Crippen LogP contribution >= 0.6 is 67.8 Å². The molecule has 0 nitrogen and oxygen atoms in total. The van der Waals surface area contributed by atoms with Gasteiger partial charge >= 0.3 is 72.2 Å². The summed E-state index contributed by atoms with van der Waals surface area (Å²) in [5, 5.41) is 0. The van der Waals surface area contributed by atoms with Crippen LogP contribution in [0, 0.1) is 0 Å². The summed E-state index contributed by atoms with van der Waals surface area (Å²) < 4.78 is -6.24. The third-order valence-electron chi connectivity index (χ3n) is 0. The topological polar surface area (TPSA) is 0 Å². The van der Waals surface area contributed by atoms with Crippen molar-refractivity contribution in [2.75, 3.05) is 0 Å². The molecule has 0 aliphatic carbocycles. The van der Waals surface area contributed by atoms with Gasteiger partial charge in [0.25, 0.3) is 0 Å². The Morgan fingerprint density at radius 3 is 0.500 bits per heavy atom. The minimum atomic E-state index is -6.24. The predicted molar refractivity (Wildman–Crippen MR) is 41.0 cm³/mol. The van der Waals surface area contributed by atoms with Gasteiger partial charge < -0.3 is 0 Å². The summed E-state index contributed by atoms with van der Waals surface area (Å²) in [5.74, 6) is 0. The fraction of sp³-hybridized carbons (Fsp3) is 0. The zero-order valence-corrected chi connectivity index (χ0v) is 9.91. The Morgan fingerprint density at radius 2 is 0.500 bits per heavy atom. The Morgan fingerprint density at radius 1 is 0.500 bits per heavy atom. The molecular formula is Cl7Rh. The quantitative estimate of drug-likeness (QED) is 0.549. The van der Waals surface area contributed by atoms with Crippen molar-refractivity contribution >= 4 is 67.8 Å². The van der Waals surface area contributed by atoms with E-state index in [0.29, 0.717) is 0 Å². The molecule has 0 aliphatic heterocycles. The molecule has 0 heterocycles. The summed E-state index contributed by atoms with van der Waals surface area (Å²) in [5.41, 5.74) is 0. The molecule has 0 atom stereocenters. The first-order valence-corrected chi connectivity index (χ1v) is 15.7. The van der Waals surface area contributed by atoms with E-state index >= 15 is 0 Å². The Hall–Kier alpha value is 2.65. The van der Waals surface area contributed by atoms with Gasteiger partial charge in [-0.25, -0.2) is 0 Å². The number of hydrogen-bond donors (Lipinski definition) is 0. The summed E-state index contributed by atoms with van der Waals surface area (Å²) in [6.07, 6.45) is 0. The van der Waals surface area contributed by atoms with Gasteiger partial charge in [0.05, 0.1) is 0 Å². The Balaban J connectivity index is 5.14. The van der Waals surface area contributed by atoms with Crippen LogP contribution < -0.4 is 0 Å². The Bertz CT molecular complexity index is 96.6. The van der Waals surface area contributed by atoms with Gasteiger partial charge in [-0.15, -0.1) is 0 Å².